The lowest BCUT2D eigenvalue weighted by molar-refractivity contribution is 0.573. The average molecular weight is 262 g/mol. The van der Waals surface area contributed by atoms with E-state index in [2.05, 4.69) is 0 Å². The molecule has 6 heteroatoms. The fourth-order valence-electron chi connectivity index (χ4n) is 0.999. The molecule has 0 heterocycles. The number of rotatable bonds is 2. The zero-order chi connectivity index (χ0) is 12.6. The highest BCUT2D eigenvalue weighted by Crippen LogP contribution is 2.27. The molecule has 0 spiro atoms. The predicted molar refractivity (Wildman–Crippen MR) is 58.3 cm³/mol. The van der Waals surface area contributed by atoms with E-state index in [9.17, 15) is 12.8 Å². The summed E-state index contributed by atoms with van der Waals surface area (Å²) in [4.78, 5) is -0.162. The van der Waals surface area contributed by atoms with Crippen molar-refractivity contribution in [3.63, 3.8) is 0 Å². The van der Waals surface area contributed by atoms with Crippen molar-refractivity contribution in [2.45, 2.75) is 23.5 Å². The molecule has 0 radical (unpaired) electrons. The Morgan fingerprint density at radius 2 is 2.00 bits per heavy atom. The van der Waals surface area contributed by atoms with Gasteiger partial charge < -0.3 is 0 Å². The van der Waals surface area contributed by atoms with Crippen molar-refractivity contribution < 1.29 is 12.8 Å². The van der Waals surface area contributed by atoms with Crippen molar-refractivity contribution in [1.82, 2.24) is 0 Å². The molecule has 1 aromatic rings. The molecule has 0 saturated heterocycles. The molecule has 86 valence electrons. The van der Waals surface area contributed by atoms with Gasteiger partial charge in [0.25, 0.3) is 0 Å². The van der Waals surface area contributed by atoms with Crippen LogP contribution in [0.15, 0.2) is 23.1 Å². The number of hydrogen-bond acceptors (Lipinski definition) is 3. The number of benzene rings is 1. The van der Waals surface area contributed by atoms with Crippen molar-refractivity contribution in [2.75, 3.05) is 0 Å². The zero-order valence-corrected chi connectivity index (χ0v) is 10.2. The fourth-order valence-corrected chi connectivity index (χ4v) is 2.47. The lowest BCUT2D eigenvalue weighted by atomic mass is 10.2. The maximum Gasteiger partial charge on any atom is 0.196 e. The van der Waals surface area contributed by atoms with Crippen molar-refractivity contribution in [3.8, 4) is 6.07 Å². The minimum atomic E-state index is -3.84. The number of hydrogen-bond donors (Lipinski definition) is 0. The molecule has 0 atom stereocenters. The summed E-state index contributed by atoms with van der Waals surface area (Å²) in [6, 6.07) is 4.75. The second kappa shape index (κ2) is 4.04. The van der Waals surface area contributed by atoms with Crippen molar-refractivity contribution in [1.29, 1.82) is 5.26 Å². The Morgan fingerprint density at radius 1 is 1.44 bits per heavy atom. The van der Waals surface area contributed by atoms with Crippen LogP contribution < -0.4 is 0 Å². The maximum absolute atomic E-state index is 12.9. The maximum atomic E-state index is 12.9. The van der Waals surface area contributed by atoms with E-state index in [4.69, 9.17) is 16.9 Å². The molecule has 0 aliphatic carbocycles. The van der Waals surface area contributed by atoms with Crippen LogP contribution in [0.2, 0.25) is 5.02 Å². The molecule has 0 aliphatic heterocycles. The van der Waals surface area contributed by atoms with E-state index < -0.39 is 20.4 Å². The summed E-state index contributed by atoms with van der Waals surface area (Å²) < 4.78 is 35.2. The van der Waals surface area contributed by atoms with E-state index >= 15 is 0 Å². The van der Waals surface area contributed by atoms with Gasteiger partial charge in [-0.2, -0.15) is 5.26 Å². The molecule has 0 saturated carbocycles. The van der Waals surface area contributed by atoms with Crippen molar-refractivity contribution >= 4 is 21.4 Å². The number of nitrogens with zero attached hydrogens (tertiary/aromatic N) is 1. The lowest BCUT2D eigenvalue weighted by Gasteiger charge is -2.16. The molecular formula is C10H9ClFNO2S. The van der Waals surface area contributed by atoms with Crippen LogP contribution in [-0.2, 0) is 9.84 Å². The summed E-state index contributed by atoms with van der Waals surface area (Å²) in [6.45, 7) is 2.55. The molecule has 1 rings (SSSR count). The summed E-state index contributed by atoms with van der Waals surface area (Å²) in [7, 11) is -3.84. The molecule has 1 aromatic carbocycles. The van der Waals surface area contributed by atoms with Crippen LogP contribution in [0.4, 0.5) is 4.39 Å². The zero-order valence-electron chi connectivity index (χ0n) is 8.66. The lowest BCUT2D eigenvalue weighted by Crippen LogP contribution is -2.29. The number of nitriles is 1. The molecule has 0 N–H and O–H groups in total. The van der Waals surface area contributed by atoms with Gasteiger partial charge in [-0.25, -0.2) is 12.8 Å². The molecule has 0 bridgehead atoms. The van der Waals surface area contributed by atoms with Crippen LogP contribution in [0.1, 0.15) is 13.8 Å². The van der Waals surface area contributed by atoms with Crippen molar-refractivity contribution in [2.24, 2.45) is 0 Å². The molecule has 0 aliphatic rings. The Hall–Kier alpha value is -1.12. The molecular weight excluding hydrogens is 253 g/mol. The van der Waals surface area contributed by atoms with Crippen LogP contribution in [0.3, 0.4) is 0 Å². The Morgan fingerprint density at radius 3 is 2.44 bits per heavy atom. The normalized spacial score (nSPS) is 12.2. The first-order valence-electron chi connectivity index (χ1n) is 4.33. The SMILES string of the molecule is CC(C)(C#N)S(=O)(=O)c1ccc(F)c(Cl)c1. The Bertz CT molecular complexity index is 561. The highest BCUT2D eigenvalue weighted by atomic mass is 35.5. The summed E-state index contributed by atoms with van der Waals surface area (Å²) in [5, 5.41) is 8.50. The van der Waals surface area contributed by atoms with Gasteiger partial charge in [0.15, 0.2) is 14.6 Å². The highest BCUT2D eigenvalue weighted by molar-refractivity contribution is 7.93. The van der Waals surface area contributed by atoms with Gasteiger partial charge in [0.1, 0.15) is 5.82 Å². The van der Waals surface area contributed by atoms with Gasteiger partial charge in [0.2, 0.25) is 0 Å². The van der Waals surface area contributed by atoms with Crippen LogP contribution in [-0.4, -0.2) is 13.2 Å². The Kier molecular flexibility index (Phi) is 3.27. The quantitative estimate of drug-likeness (QED) is 0.769. The number of sulfone groups is 1. The second-order valence-corrected chi connectivity index (χ2v) is 6.61. The molecule has 0 aromatic heterocycles. The number of halogens is 2. The molecule has 0 amide bonds. The minimum absolute atomic E-state index is 0.162. The molecule has 16 heavy (non-hydrogen) atoms. The monoisotopic (exact) mass is 261 g/mol. The average Bonchev–Trinajstić information content (AvgIpc) is 2.21. The third-order valence-electron chi connectivity index (χ3n) is 2.14. The highest BCUT2D eigenvalue weighted by Gasteiger charge is 2.36. The summed E-state index contributed by atoms with van der Waals surface area (Å²) in [5.41, 5.74) is 0. The van der Waals surface area contributed by atoms with E-state index in [0.717, 1.165) is 18.2 Å². The molecule has 0 fully saturated rings. The van der Waals surface area contributed by atoms with Gasteiger partial charge in [-0.1, -0.05) is 11.6 Å². The van der Waals surface area contributed by atoms with Crippen LogP contribution in [0.5, 0.6) is 0 Å². The van der Waals surface area contributed by atoms with E-state index in [-0.39, 0.29) is 9.92 Å². The minimum Gasteiger partial charge on any atom is -0.222 e. The van der Waals surface area contributed by atoms with Gasteiger partial charge >= 0.3 is 0 Å². The summed E-state index contributed by atoms with van der Waals surface area (Å²) in [6.07, 6.45) is 0. The second-order valence-electron chi connectivity index (χ2n) is 3.70. The summed E-state index contributed by atoms with van der Waals surface area (Å²) >= 11 is 5.49. The van der Waals surface area contributed by atoms with Crippen molar-refractivity contribution in [3.05, 3.63) is 29.0 Å². The largest absolute Gasteiger partial charge is 0.222 e. The first kappa shape index (κ1) is 12.9. The van der Waals surface area contributed by atoms with Gasteiger partial charge in [-0.3, -0.25) is 0 Å². The Balaban J connectivity index is 3.41. The van der Waals surface area contributed by atoms with E-state index in [0.29, 0.717) is 0 Å². The van der Waals surface area contributed by atoms with Gasteiger partial charge in [0.05, 0.1) is 16.0 Å². The first-order chi connectivity index (χ1) is 7.22. The van der Waals surface area contributed by atoms with E-state index in [1.165, 1.54) is 13.8 Å². The van der Waals surface area contributed by atoms with Gasteiger partial charge in [-0.15, -0.1) is 0 Å². The molecule has 0 unspecified atom stereocenters. The first-order valence-corrected chi connectivity index (χ1v) is 6.19. The third kappa shape index (κ3) is 2.04. The van der Waals surface area contributed by atoms with Crippen LogP contribution in [0, 0.1) is 17.1 Å². The van der Waals surface area contributed by atoms with Gasteiger partial charge in [-0.05, 0) is 32.0 Å². The third-order valence-corrected chi connectivity index (χ3v) is 4.74. The van der Waals surface area contributed by atoms with Crippen LogP contribution in [0.25, 0.3) is 0 Å². The summed E-state index contributed by atoms with van der Waals surface area (Å²) in [5.74, 6) is -0.699. The van der Waals surface area contributed by atoms with Crippen LogP contribution >= 0.6 is 11.6 Å². The fraction of sp³-hybridized carbons (Fsp3) is 0.300. The predicted octanol–water partition coefficient (Wildman–Crippen LogP) is 2.55. The van der Waals surface area contributed by atoms with E-state index in [1.807, 2.05) is 0 Å². The Labute approximate surface area is 98.4 Å². The van der Waals surface area contributed by atoms with E-state index in [1.54, 1.807) is 6.07 Å². The molecule has 3 nitrogen and oxygen atoms in total. The standard InChI is InChI=1S/C10H9ClFNO2S/c1-10(2,6-13)16(14,15)7-3-4-9(12)8(11)5-7/h3-5H,1-2H3. The van der Waals surface area contributed by atoms with Gasteiger partial charge in [0, 0.05) is 0 Å². The smallest absolute Gasteiger partial charge is 0.196 e. The topological polar surface area (TPSA) is 57.9 Å².